The fraction of sp³-hybridized carbons (Fsp3) is 0.0204. The van der Waals surface area contributed by atoms with Gasteiger partial charge in [-0.15, -0.1) is 0 Å². The molecule has 52 heavy (non-hydrogen) atoms. The average molecular weight is 662 g/mol. The highest BCUT2D eigenvalue weighted by Crippen LogP contribution is 2.43. The summed E-state index contributed by atoms with van der Waals surface area (Å²) in [5.74, 6) is 0. The van der Waals surface area contributed by atoms with Crippen LogP contribution in [0.3, 0.4) is 0 Å². The number of benzene rings is 8. The van der Waals surface area contributed by atoms with Crippen molar-refractivity contribution in [3.05, 3.63) is 187 Å². The molecule has 12 rings (SSSR count). The Morgan fingerprint density at radius 2 is 0.788 bits per heavy atom. The van der Waals surface area contributed by atoms with E-state index in [1.807, 2.05) is 0 Å². The van der Waals surface area contributed by atoms with Crippen molar-refractivity contribution in [2.45, 2.75) is 6.42 Å². The van der Waals surface area contributed by atoms with E-state index in [-0.39, 0.29) is 0 Å². The van der Waals surface area contributed by atoms with Crippen molar-refractivity contribution in [2.24, 2.45) is 0 Å². The van der Waals surface area contributed by atoms with Gasteiger partial charge >= 0.3 is 0 Å². The van der Waals surface area contributed by atoms with Crippen molar-refractivity contribution < 1.29 is 0 Å². The highest BCUT2D eigenvalue weighted by Gasteiger charge is 2.24. The van der Waals surface area contributed by atoms with Crippen LogP contribution in [0, 0.1) is 0 Å². The van der Waals surface area contributed by atoms with Crippen LogP contribution in [0.2, 0.25) is 0 Å². The third-order valence-corrected chi connectivity index (χ3v) is 11.5. The Labute approximate surface area is 299 Å². The molecule has 0 bridgehead atoms. The van der Waals surface area contributed by atoms with Crippen molar-refractivity contribution in [3.63, 3.8) is 0 Å². The molecule has 3 heterocycles. The number of aromatic nitrogens is 3. The van der Waals surface area contributed by atoms with E-state index in [1.54, 1.807) is 0 Å². The van der Waals surface area contributed by atoms with Crippen molar-refractivity contribution in [3.8, 4) is 28.2 Å². The minimum atomic E-state index is 0.948. The lowest BCUT2D eigenvalue weighted by molar-refractivity contribution is 1.12. The molecule has 0 aliphatic heterocycles. The second-order valence-electron chi connectivity index (χ2n) is 14.1. The third kappa shape index (κ3) is 3.69. The molecular formula is C49H31N3. The van der Waals surface area contributed by atoms with Crippen molar-refractivity contribution >= 4 is 65.4 Å². The van der Waals surface area contributed by atoms with E-state index in [0.717, 1.165) is 17.8 Å². The fourth-order valence-corrected chi connectivity index (χ4v) is 9.29. The first-order valence-electron chi connectivity index (χ1n) is 18.1. The maximum absolute atomic E-state index is 2.49. The van der Waals surface area contributed by atoms with Crippen LogP contribution in [0.5, 0.6) is 0 Å². The smallest absolute Gasteiger partial charge is 0.0561 e. The zero-order valence-corrected chi connectivity index (χ0v) is 28.3. The molecule has 0 radical (unpaired) electrons. The highest BCUT2D eigenvalue weighted by molar-refractivity contribution is 6.14. The lowest BCUT2D eigenvalue weighted by atomic mass is 10.0. The lowest BCUT2D eigenvalue weighted by Crippen LogP contribution is -1.99. The van der Waals surface area contributed by atoms with Crippen molar-refractivity contribution in [2.75, 3.05) is 0 Å². The normalized spacial score (nSPS) is 12.5. The Balaban J connectivity index is 1.11. The minimum absolute atomic E-state index is 0.948. The Morgan fingerprint density at radius 1 is 0.308 bits per heavy atom. The van der Waals surface area contributed by atoms with Crippen molar-refractivity contribution in [1.29, 1.82) is 0 Å². The predicted molar refractivity (Wildman–Crippen MR) is 218 cm³/mol. The van der Waals surface area contributed by atoms with Gasteiger partial charge in [-0.3, -0.25) is 0 Å². The summed E-state index contributed by atoms with van der Waals surface area (Å²) in [5, 5.41) is 7.57. The number of nitrogens with zero attached hydrogens (tertiary/aromatic N) is 3. The molecule has 1 aliphatic rings. The molecule has 1 aliphatic carbocycles. The quantitative estimate of drug-likeness (QED) is 0.179. The molecule has 3 aromatic heterocycles. The van der Waals surface area contributed by atoms with Gasteiger partial charge < -0.3 is 13.7 Å². The number of hydrogen-bond acceptors (Lipinski definition) is 0. The van der Waals surface area contributed by atoms with Gasteiger partial charge in [0.1, 0.15) is 0 Å². The maximum atomic E-state index is 2.49. The minimum Gasteiger partial charge on any atom is -0.309 e. The van der Waals surface area contributed by atoms with Crippen LogP contribution in [0.1, 0.15) is 11.1 Å². The molecule has 0 unspecified atom stereocenters. The summed E-state index contributed by atoms with van der Waals surface area (Å²) in [6.45, 7) is 0. The summed E-state index contributed by atoms with van der Waals surface area (Å²) in [6, 6.07) is 64.9. The van der Waals surface area contributed by atoms with E-state index < -0.39 is 0 Å². The number of fused-ring (bicyclic) bond motifs is 12. The first kappa shape index (κ1) is 27.9. The molecule has 11 aromatic rings. The average Bonchev–Trinajstić information content (AvgIpc) is 3.94. The van der Waals surface area contributed by atoms with Crippen LogP contribution in [-0.2, 0) is 6.42 Å². The second kappa shape index (κ2) is 10.3. The molecule has 3 nitrogen and oxygen atoms in total. The largest absolute Gasteiger partial charge is 0.309 e. The highest BCUT2D eigenvalue weighted by atomic mass is 15.0. The molecule has 0 N–H and O–H groups in total. The first-order chi connectivity index (χ1) is 25.8. The first-order valence-corrected chi connectivity index (χ1v) is 18.1. The van der Waals surface area contributed by atoms with Crippen LogP contribution in [0.25, 0.3) is 93.6 Å². The van der Waals surface area contributed by atoms with Gasteiger partial charge in [-0.1, -0.05) is 115 Å². The molecule has 0 amide bonds. The van der Waals surface area contributed by atoms with E-state index in [9.17, 15) is 0 Å². The second-order valence-corrected chi connectivity index (χ2v) is 14.1. The molecule has 0 saturated heterocycles. The van der Waals surface area contributed by atoms with Crippen LogP contribution in [-0.4, -0.2) is 13.7 Å². The van der Waals surface area contributed by atoms with E-state index >= 15 is 0 Å². The van der Waals surface area contributed by atoms with Crippen LogP contribution < -0.4 is 0 Å². The molecule has 0 atom stereocenters. The number of rotatable bonds is 3. The monoisotopic (exact) mass is 661 g/mol. The number of para-hydroxylation sites is 4. The van der Waals surface area contributed by atoms with Gasteiger partial charge in [0.2, 0.25) is 0 Å². The summed E-state index contributed by atoms with van der Waals surface area (Å²) < 4.78 is 7.37. The molecule has 242 valence electrons. The van der Waals surface area contributed by atoms with Crippen LogP contribution in [0.4, 0.5) is 0 Å². The lowest BCUT2D eigenvalue weighted by Gasteiger charge is -2.14. The van der Waals surface area contributed by atoms with Gasteiger partial charge in [-0.2, -0.15) is 0 Å². The van der Waals surface area contributed by atoms with Gasteiger partial charge in [-0.25, -0.2) is 0 Å². The van der Waals surface area contributed by atoms with Crippen molar-refractivity contribution in [1.82, 2.24) is 13.7 Å². The summed E-state index contributed by atoms with van der Waals surface area (Å²) in [7, 11) is 0. The Hall–Kier alpha value is -6.84. The fourth-order valence-electron chi connectivity index (χ4n) is 9.29. The van der Waals surface area contributed by atoms with Crippen LogP contribution in [0.15, 0.2) is 176 Å². The molecule has 3 heteroatoms. The number of hydrogen-bond donors (Lipinski definition) is 0. The molecule has 0 saturated carbocycles. The standard InChI is InChI=1S/C49H31N3/c1-2-13-34-31(12-1)28-41-35(34)18-11-23-47(41)52-46-22-10-6-17-39(46)42-29-32(25-27-48(42)52)51-45-21-9-5-16-38(45)40-26-24-33(30-49(40)51)50-43-19-7-3-14-36(43)37-15-4-8-20-44(37)50/h1-27,29-30H,28H2. The summed E-state index contributed by atoms with van der Waals surface area (Å²) in [4.78, 5) is 0. The van der Waals surface area contributed by atoms with Gasteiger partial charge in [0.15, 0.2) is 0 Å². The Kier molecular flexibility index (Phi) is 5.56. The summed E-state index contributed by atoms with van der Waals surface area (Å²) >= 11 is 0. The van der Waals surface area contributed by atoms with Gasteiger partial charge in [0.05, 0.1) is 38.8 Å². The summed E-state index contributed by atoms with van der Waals surface area (Å²) in [6.07, 6.45) is 0.948. The van der Waals surface area contributed by atoms with Gasteiger partial charge in [0.25, 0.3) is 0 Å². The zero-order valence-electron chi connectivity index (χ0n) is 28.3. The van der Waals surface area contributed by atoms with Crippen LogP contribution >= 0.6 is 0 Å². The van der Waals surface area contributed by atoms with E-state index in [0.29, 0.717) is 0 Å². The third-order valence-electron chi connectivity index (χ3n) is 11.5. The topological polar surface area (TPSA) is 14.8 Å². The molecule has 0 fully saturated rings. The Morgan fingerprint density at radius 3 is 1.48 bits per heavy atom. The molecular weight excluding hydrogens is 631 g/mol. The van der Waals surface area contributed by atoms with E-state index in [4.69, 9.17) is 0 Å². The summed E-state index contributed by atoms with van der Waals surface area (Å²) in [5.41, 5.74) is 16.4. The van der Waals surface area contributed by atoms with Gasteiger partial charge in [-0.05, 0) is 82.9 Å². The predicted octanol–water partition coefficient (Wildman–Crippen LogP) is 12.5. The maximum Gasteiger partial charge on any atom is 0.0561 e. The van der Waals surface area contributed by atoms with Gasteiger partial charge in [0, 0.05) is 50.1 Å². The molecule has 0 spiro atoms. The zero-order chi connectivity index (χ0) is 33.9. The van der Waals surface area contributed by atoms with E-state index in [2.05, 4.69) is 190 Å². The SMILES string of the molecule is c1ccc2c(c1)Cc1c-2cccc1-n1c2ccccc2c2cc(-n3c4ccccc4c4ccc(-n5c6ccccc6c6ccccc65)cc43)ccc21. The molecule has 8 aromatic carbocycles. The van der Waals surface area contributed by atoms with E-state index in [1.165, 1.54) is 93.4 Å². The Bertz CT molecular complexity index is 3220.